The molecular weight excluding hydrogens is 509 g/mol. The molecule has 0 heterocycles. The fourth-order valence-corrected chi connectivity index (χ4v) is 5.28. The quantitative estimate of drug-likeness (QED) is 0.446. The summed E-state index contributed by atoms with van der Waals surface area (Å²) >= 11 is 12.6. The summed E-state index contributed by atoms with van der Waals surface area (Å²) in [7, 11) is -3.56. The first-order valence-electron chi connectivity index (χ1n) is 11.4. The second-order valence-corrected chi connectivity index (χ2v) is 11.2. The molecule has 0 saturated heterocycles. The van der Waals surface area contributed by atoms with E-state index in [0.717, 1.165) is 17.4 Å². The minimum absolute atomic E-state index is 0.0443. The van der Waals surface area contributed by atoms with Crippen LogP contribution in [0.1, 0.15) is 43.4 Å². The zero-order valence-corrected chi connectivity index (χ0v) is 23.1. The van der Waals surface area contributed by atoms with Crippen molar-refractivity contribution in [1.82, 2.24) is 10.2 Å². The molecule has 0 aliphatic carbocycles. The molecule has 1 atom stereocenters. The van der Waals surface area contributed by atoms with Crippen LogP contribution in [0.4, 0.5) is 5.69 Å². The summed E-state index contributed by atoms with van der Waals surface area (Å²) in [4.78, 5) is 27.3. The molecule has 0 bridgehead atoms. The number of sulfonamides is 1. The number of carbonyl (C=O) groups excluding carboxylic acids is 2. The Labute approximate surface area is 218 Å². The van der Waals surface area contributed by atoms with Gasteiger partial charge in [0.2, 0.25) is 21.8 Å². The largest absolute Gasteiger partial charge is 0.355 e. The Morgan fingerprint density at radius 3 is 2.23 bits per heavy atom. The maximum Gasteiger partial charge on any atom is 0.242 e. The van der Waals surface area contributed by atoms with Crippen LogP contribution in [-0.2, 0) is 26.2 Å². The Morgan fingerprint density at radius 1 is 1.06 bits per heavy atom. The fraction of sp³-hybridized carbons (Fsp3) is 0.440. The lowest BCUT2D eigenvalue weighted by atomic mass is 10.1. The van der Waals surface area contributed by atoms with Gasteiger partial charge in [0.25, 0.3) is 0 Å². The highest BCUT2D eigenvalue weighted by atomic mass is 35.5. The van der Waals surface area contributed by atoms with E-state index >= 15 is 0 Å². The van der Waals surface area contributed by atoms with Crippen molar-refractivity contribution < 1.29 is 18.0 Å². The van der Waals surface area contributed by atoms with Gasteiger partial charge >= 0.3 is 0 Å². The van der Waals surface area contributed by atoms with E-state index < -0.39 is 16.1 Å². The molecule has 2 aromatic rings. The lowest BCUT2D eigenvalue weighted by Crippen LogP contribution is -2.47. The van der Waals surface area contributed by atoms with Crippen LogP contribution in [0.5, 0.6) is 0 Å². The van der Waals surface area contributed by atoms with Gasteiger partial charge in [-0.3, -0.25) is 13.9 Å². The van der Waals surface area contributed by atoms with E-state index in [1.54, 1.807) is 38.1 Å². The highest BCUT2D eigenvalue weighted by Gasteiger charge is 2.28. The van der Waals surface area contributed by atoms with Crippen molar-refractivity contribution >= 4 is 50.7 Å². The maximum atomic E-state index is 13.3. The molecule has 1 N–H and O–H groups in total. The van der Waals surface area contributed by atoms with Gasteiger partial charge in [-0.1, -0.05) is 41.4 Å². The molecule has 0 aromatic heterocycles. The molecule has 35 heavy (non-hydrogen) atoms. The number of nitrogens with one attached hydrogen (secondary N) is 1. The minimum atomic E-state index is -3.56. The third-order valence-corrected chi connectivity index (χ3v) is 7.79. The van der Waals surface area contributed by atoms with Gasteiger partial charge in [0.1, 0.15) is 6.04 Å². The van der Waals surface area contributed by atoms with Gasteiger partial charge in [-0.25, -0.2) is 8.42 Å². The molecular formula is C25H33Cl2N3O4S. The van der Waals surface area contributed by atoms with Crippen molar-refractivity contribution in [2.24, 2.45) is 0 Å². The molecule has 7 nitrogen and oxygen atoms in total. The number of amides is 2. The molecule has 2 aromatic carbocycles. The number of hydrogen-bond acceptors (Lipinski definition) is 4. The molecule has 2 amide bonds. The number of rotatable bonds is 11. The van der Waals surface area contributed by atoms with E-state index in [-0.39, 0.29) is 37.7 Å². The van der Waals surface area contributed by atoms with Crippen molar-refractivity contribution in [2.45, 2.75) is 53.1 Å². The summed E-state index contributed by atoms with van der Waals surface area (Å²) in [5.74, 6) is -0.591. The zero-order valence-electron chi connectivity index (χ0n) is 20.8. The molecule has 2 rings (SSSR count). The van der Waals surface area contributed by atoms with E-state index in [4.69, 9.17) is 23.2 Å². The molecule has 0 saturated carbocycles. The average Bonchev–Trinajstić information content (AvgIpc) is 2.77. The lowest BCUT2D eigenvalue weighted by Gasteiger charge is -2.30. The van der Waals surface area contributed by atoms with Gasteiger partial charge in [-0.15, -0.1) is 0 Å². The number of likely N-dealkylation sites (N-methyl/N-ethyl adjacent to an activating group) is 1. The van der Waals surface area contributed by atoms with Crippen LogP contribution in [0.15, 0.2) is 36.4 Å². The lowest BCUT2D eigenvalue weighted by molar-refractivity contribution is -0.140. The van der Waals surface area contributed by atoms with E-state index in [1.807, 2.05) is 26.0 Å². The average molecular weight is 543 g/mol. The van der Waals surface area contributed by atoms with Gasteiger partial charge in [-0.05, 0) is 63.4 Å². The van der Waals surface area contributed by atoms with Crippen molar-refractivity contribution in [1.29, 1.82) is 0 Å². The number of carbonyl (C=O) groups is 2. The summed E-state index contributed by atoms with van der Waals surface area (Å²) < 4.78 is 26.4. The SMILES string of the molecule is CCNC(=O)[C@@H](C)N(Cc1c(Cl)cccc1Cl)C(=O)CCCN(c1cccc(C)c1C)S(C)(=O)=O. The normalized spacial score (nSPS) is 12.2. The van der Waals surface area contributed by atoms with Gasteiger partial charge in [-0.2, -0.15) is 0 Å². The van der Waals surface area contributed by atoms with Crippen LogP contribution < -0.4 is 9.62 Å². The van der Waals surface area contributed by atoms with E-state index in [1.165, 1.54) is 9.21 Å². The summed E-state index contributed by atoms with van der Waals surface area (Å²) in [6.45, 7) is 7.85. The van der Waals surface area contributed by atoms with Crippen molar-refractivity contribution in [3.63, 3.8) is 0 Å². The molecule has 192 valence electrons. The topological polar surface area (TPSA) is 86.8 Å². The molecule has 0 radical (unpaired) electrons. The van der Waals surface area contributed by atoms with Gasteiger partial charge < -0.3 is 10.2 Å². The van der Waals surface area contributed by atoms with Crippen molar-refractivity contribution in [2.75, 3.05) is 23.7 Å². The summed E-state index contributed by atoms with van der Waals surface area (Å²) in [6.07, 6.45) is 1.47. The molecule has 10 heteroatoms. The number of halogens is 2. The monoisotopic (exact) mass is 541 g/mol. The highest BCUT2D eigenvalue weighted by Crippen LogP contribution is 2.28. The summed E-state index contributed by atoms with van der Waals surface area (Å²) in [6, 6.07) is 9.79. The van der Waals surface area contributed by atoms with Gasteiger partial charge in [0.15, 0.2) is 0 Å². The highest BCUT2D eigenvalue weighted by molar-refractivity contribution is 7.92. The first-order valence-corrected chi connectivity index (χ1v) is 14.0. The number of benzene rings is 2. The predicted molar refractivity (Wildman–Crippen MR) is 142 cm³/mol. The van der Waals surface area contributed by atoms with E-state index in [2.05, 4.69) is 5.32 Å². The summed E-state index contributed by atoms with van der Waals surface area (Å²) in [5.41, 5.74) is 2.98. The van der Waals surface area contributed by atoms with Crippen LogP contribution in [0, 0.1) is 13.8 Å². The third kappa shape index (κ3) is 7.59. The van der Waals surface area contributed by atoms with Crippen LogP contribution in [0.3, 0.4) is 0 Å². The Balaban J connectivity index is 2.24. The van der Waals surface area contributed by atoms with Crippen LogP contribution in [0.2, 0.25) is 10.0 Å². The standard InChI is InChI=1S/C25H33Cl2N3O4S/c1-6-28-25(32)19(4)29(16-20-21(26)11-8-12-22(20)27)24(31)14-9-15-30(35(5,33)34)23-13-7-10-17(2)18(23)3/h7-8,10-13,19H,6,9,14-16H2,1-5H3,(H,28,32)/t19-/m1/s1. The van der Waals surface area contributed by atoms with Crippen molar-refractivity contribution in [3.05, 3.63) is 63.1 Å². The zero-order chi connectivity index (χ0) is 26.3. The molecule has 0 unspecified atom stereocenters. The second kappa shape index (κ2) is 12.6. The third-order valence-electron chi connectivity index (χ3n) is 5.91. The predicted octanol–water partition coefficient (Wildman–Crippen LogP) is 4.71. The van der Waals surface area contributed by atoms with Gasteiger partial charge in [0, 0.05) is 41.7 Å². The maximum absolute atomic E-state index is 13.3. The molecule has 0 aliphatic rings. The van der Waals surface area contributed by atoms with E-state index in [0.29, 0.717) is 27.8 Å². The fourth-order valence-electron chi connectivity index (χ4n) is 3.75. The first-order chi connectivity index (χ1) is 16.4. The Morgan fingerprint density at radius 2 is 1.66 bits per heavy atom. The Bertz CT molecular complexity index is 1150. The number of hydrogen-bond donors (Lipinski definition) is 1. The number of nitrogens with zero attached hydrogens (tertiary/aromatic N) is 2. The van der Waals surface area contributed by atoms with Gasteiger partial charge in [0.05, 0.1) is 11.9 Å². The van der Waals surface area contributed by atoms with E-state index in [9.17, 15) is 18.0 Å². The smallest absolute Gasteiger partial charge is 0.242 e. The molecule has 0 spiro atoms. The first kappa shape index (κ1) is 28.9. The second-order valence-electron chi connectivity index (χ2n) is 8.45. The van der Waals surface area contributed by atoms with Crippen LogP contribution in [-0.4, -0.2) is 50.5 Å². The Hall–Kier alpha value is -2.29. The van der Waals surface area contributed by atoms with Crippen LogP contribution >= 0.6 is 23.2 Å². The number of anilines is 1. The molecule has 0 fully saturated rings. The minimum Gasteiger partial charge on any atom is -0.355 e. The van der Waals surface area contributed by atoms with Crippen molar-refractivity contribution in [3.8, 4) is 0 Å². The molecule has 0 aliphatic heterocycles. The summed E-state index contributed by atoms with van der Waals surface area (Å²) in [5, 5.41) is 3.54. The Kier molecular flexibility index (Phi) is 10.4. The number of aryl methyl sites for hydroxylation is 1. The van der Waals surface area contributed by atoms with Crippen LogP contribution in [0.25, 0.3) is 0 Å².